The van der Waals surface area contributed by atoms with Gasteiger partial charge in [0.25, 0.3) is 0 Å². The van der Waals surface area contributed by atoms with Crippen molar-refractivity contribution in [3.05, 3.63) is 22.7 Å². The molecule has 1 N–H and O–H groups in total. The van der Waals surface area contributed by atoms with Crippen LogP contribution in [0.3, 0.4) is 0 Å². The number of hydrogen-bond acceptors (Lipinski definition) is 3. The average Bonchev–Trinajstić information content (AvgIpc) is 2.34. The van der Waals surface area contributed by atoms with Crippen molar-refractivity contribution in [2.24, 2.45) is 0 Å². The molecule has 1 aromatic carbocycles. The molecule has 0 heterocycles. The van der Waals surface area contributed by atoms with Gasteiger partial charge < -0.3 is 14.6 Å². The van der Waals surface area contributed by atoms with E-state index in [0.717, 1.165) is 19.3 Å². The third-order valence-electron chi connectivity index (χ3n) is 3.08. The van der Waals surface area contributed by atoms with Gasteiger partial charge >= 0.3 is 6.36 Å². The number of alkyl halides is 3. The molecule has 0 spiro atoms. The van der Waals surface area contributed by atoms with E-state index in [1.165, 1.54) is 18.2 Å². The molecule has 112 valence electrons. The van der Waals surface area contributed by atoms with E-state index in [-0.39, 0.29) is 16.3 Å². The summed E-state index contributed by atoms with van der Waals surface area (Å²) in [6.07, 6.45) is -2.23. The zero-order chi connectivity index (χ0) is 14.8. The lowest BCUT2D eigenvalue weighted by Crippen LogP contribution is -2.34. The van der Waals surface area contributed by atoms with E-state index in [9.17, 15) is 18.3 Å². The molecule has 1 aromatic rings. The van der Waals surface area contributed by atoms with Gasteiger partial charge in [-0.2, -0.15) is 0 Å². The van der Waals surface area contributed by atoms with Gasteiger partial charge in [0, 0.05) is 0 Å². The van der Waals surface area contributed by atoms with Crippen molar-refractivity contribution in [2.75, 3.05) is 0 Å². The van der Waals surface area contributed by atoms with Crippen LogP contribution >= 0.6 is 15.9 Å². The van der Waals surface area contributed by atoms with E-state index in [2.05, 4.69) is 20.7 Å². The molecule has 2 unspecified atom stereocenters. The first-order valence-electron chi connectivity index (χ1n) is 6.25. The van der Waals surface area contributed by atoms with E-state index in [1.807, 2.05) is 0 Å². The lowest BCUT2D eigenvalue weighted by atomic mass is 9.95. The second-order valence-electron chi connectivity index (χ2n) is 4.65. The van der Waals surface area contributed by atoms with Gasteiger partial charge in [0.05, 0.1) is 10.6 Å². The van der Waals surface area contributed by atoms with Gasteiger partial charge in [0.15, 0.2) is 0 Å². The van der Waals surface area contributed by atoms with Gasteiger partial charge in [-0.3, -0.25) is 0 Å². The summed E-state index contributed by atoms with van der Waals surface area (Å²) in [6, 6.07) is 3.98. The SMILES string of the molecule is OC1CCCCC1Oc1ccc(OC(F)(F)F)c(Br)c1. The molecule has 1 fully saturated rings. The average molecular weight is 355 g/mol. The summed E-state index contributed by atoms with van der Waals surface area (Å²) in [5.74, 6) is 0.0754. The zero-order valence-electron chi connectivity index (χ0n) is 10.5. The molecule has 0 bridgehead atoms. The first-order valence-corrected chi connectivity index (χ1v) is 7.04. The highest BCUT2D eigenvalue weighted by molar-refractivity contribution is 9.10. The van der Waals surface area contributed by atoms with Crippen molar-refractivity contribution < 1.29 is 27.8 Å². The van der Waals surface area contributed by atoms with Gasteiger partial charge in [-0.05, 0) is 53.4 Å². The fraction of sp³-hybridized carbons (Fsp3) is 0.538. The van der Waals surface area contributed by atoms with Crippen LogP contribution in [0.5, 0.6) is 11.5 Å². The van der Waals surface area contributed by atoms with E-state index >= 15 is 0 Å². The first kappa shape index (κ1) is 15.4. The fourth-order valence-corrected chi connectivity index (χ4v) is 2.59. The van der Waals surface area contributed by atoms with E-state index in [0.29, 0.717) is 12.2 Å². The van der Waals surface area contributed by atoms with Crippen LogP contribution in [0.25, 0.3) is 0 Å². The third-order valence-corrected chi connectivity index (χ3v) is 3.70. The maximum atomic E-state index is 12.1. The number of hydrogen-bond donors (Lipinski definition) is 1. The molecule has 2 atom stereocenters. The molecular formula is C13H14BrF3O3. The monoisotopic (exact) mass is 354 g/mol. The molecule has 0 amide bonds. The Morgan fingerprint density at radius 3 is 2.50 bits per heavy atom. The topological polar surface area (TPSA) is 38.7 Å². The smallest absolute Gasteiger partial charge is 0.488 e. The molecule has 1 saturated carbocycles. The Morgan fingerprint density at radius 1 is 1.20 bits per heavy atom. The minimum absolute atomic E-state index is 0.151. The Kier molecular flexibility index (Phi) is 4.80. The van der Waals surface area contributed by atoms with E-state index in [1.54, 1.807) is 0 Å². The minimum Gasteiger partial charge on any atom is -0.488 e. The standard InChI is InChI=1S/C13H14BrF3O3/c14-9-7-8(5-6-11(9)20-13(15,16)17)19-12-4-2-1-3-10(12)18/h5-7,10,12,18H,1-4H2. The van der Waals surface area contributed by atoms with Gasteiger partial charge in [-0.1, -0.05) is 6.42 Å². The summed E-state index contributed by atoms with van der Waals surface area (Å²) in [4.78, 5) is 0. The van der Waals surface area contributed by atoms with Crippen LogP contribution in [0.15, 0.2) is 22.7 Å². The van der Waals surface area contributed by atoms with Crippen LogP contribution in [-0.4, -0.2) is 23.7 Å². The van der Waals surface area contributed by atoms with Crippen molar-refractivity contribution in [2.45, 2.75) is 44.3 Å². The largest absolute Gasteiger partial charge is 0.573 e. The van der Waals surface area contributed by atoms with Crippen LogP contribution in [0, 0.1) is 0 Å². The Labute approximate surface area is 122 Å². The summed E-state index contributed by atoms with van der Waals surface area (Å²) in [6.45, 7) is 0. The molecule has 0 aliphatic heterocycles. The van der Waals surface area contributed by atoms with Gasteiger partial charge in [0.2, 0.25) is 0 Å². The number of ether oxygens (including phenoxy) is 2. The molecule has 1 aliphatic carbocycles. The van der Waals surface area contributed by atoms with Crippen molar-refractivity contribution >= 4 is 15.9 Å². The highest BCUT2D eigenvalue weighted by Crippen LogP contribution is 2.34. The van der Waals surface area contributed by atoms with E-state index in [4.69, 9.17) is 4.74 Å². The number of aliphatic hydroxyl groups excluding tert-OH is 1. The summed E-state index contributed by atoms with van der Waals surface area (Å²) >= 11 is 3.01. The van der Waals surface area contributed by atoms with Crippen molar-refractivity contribution in [1.29, 1.82) is 0 Å². The first-order chi connectivity index (χ1) is 9.35. The van der Waals surface area contributed by atoms with E-state index < -0.39 is 12.5 Å². The number of rotatable bonds is 3. The quantitative estimate of drug-likeness (QED) is 0.890. The molecular weight excluding hydrogens is 341 g/mol. The van der Waals surface area contributed by atoms with Gasteiger partial charge in [0.1, 0.15) is 17.6 Å². The Morgan fingerprint density at radius 2 is 1.90 bits per heavy atom. The summed E-state index contributed by atoms with van der Waals surface area (Å²) in [5.41, 5.74) is 0. The lowest BCUT2D eigenvalue weighted by molar-refractivity contribution is -0.274. The van der Waals surface area contributed by atoms with Crippen molar-refractivity contribution in [1.82, 2.24) is 0 Å². The van der Waals surface area contributed by atoms with Gasteiger partial charge in [-0.15, -0.1) is 13.2 Å². The molecule has 3 nitrogen and oxygen atoms in total. The summed E-state index contributed by atoms with van der Waals surface area (Å²) in [7, 11) is 0. The Balaban J connectivity index is 2.05. The Hall–Kier alpha value is -0.950. The van der Waals surface area contributed by atoms with Gasteiger partial charge in [-0.25, -0.2) is 0 Å². The predicted octanol–water partition coefficient (Wildman–Crippen LogP) is 4.03. The number of benzene rings is 1. The highest BCUT2D eigenvalue weighted by atomic mass is 79.9. The van der Waals surface area contributed by atoms with Crippen LogP contribution in [-0.2, 0) is 0 Å². The maximum Gasteiger partial charge on any atom is 0.573 e. The van der Waals surface area contributed by atoms with Crippen LogP contribution < -0.4 is 9.47 Å². The summed E-state index contributed by atoms with van der Waals surface area (Å²) in [5, 5.41) is 9.80. The highest BCUT2D eigenvalue weighted by Gasteiger charge is 2.32. The lowest BCUT2D eigenvalue weighted by Gasteiger charge is -2.28. The Bertz CT molecular complexity index is 465. The van der Waals surface area contributed by atoms with Crippen LogP contribution in [0.4, 0.5) is 13.2 Å². The molecule has 0 aromatic heterocycles. The number of aliphatic hydroxyl groups is 1. The second-order valence-corrected chi connectivity index (χ2v) is 5.50. The summed E-state index contributed by atoms with van der Waals surface area (Å²) < 4.78 is 46.0. The normalized spacial score (nSPS) is 23.4. The second kappa shape index (κ2) is 6.22. The molecule has 20 heavy (non-hydrogen) atoms. The van der Waals surface area contributed by atoms with Crippen molar-refractivity contribution in [3.8, 4) is 11.5 Å². The third kappa shape index (κ3) is 4.28. The maximum absolute atomic E-state index is 12.1. The molecule has 2 rings (SSSR count). The van der Waals surface area contributed by atoms with Crippen molar-refractivity contribution in [3.63, 3.8) is 0 Å². The molecule has 0 radical (unpaired) electrons. The van der Waals surface area contributed by atoms with Crippen LogP contribution in [0.2, 0.25) is 0 Å². The van der Waals surface area contributed by atoms with Crippen LogP contribution in [0.1, 0.15) is 25.7 Å². The molecule has 7 heteroatoms. The number of halogens is 4. The molecule has 0 saturated heterocycles. The zero-order valence-corrected chi connectivity index (χ0v) is 12.1. The minimum atomic E-state index is -4.73. The molecule has 1 aliphatic rings. The predicted molar refractivity (Wildman–Crippen MR) is 69.7 cm³/mol. The fourth-order valence-electron chi connectivity index (χ4n) is 2.15.